The van der Waals surface area contributed by atoms with Crippen molar-refractivity contribution in [2.45, 2.75) is 22.3 Å². The van der Waals surface area contributed by atoms with Crippen LogP contribution in [0.5, 0.6) is 0 Å². The molecule has 0 aliphatic heterocycles. The van der Waals surface area contributed by atoms with Gasteiger partial charge in [-0.3, -0.25) is 5.10 Å². The highest BCUT2D eigenvalue weighted by atomic mass is 35.5. The van der Waals surface area contributed by atoms with Crippen molar-refractivity contribution < 1.29 is 0 Å². The quantitative estimate of drug-likeness (QED) is 0.434. The number of hydrogen-bond acceptors (Lipinski definition) is 6. The standard InChI is InChI=1S/C14H12ClN5S2/c1-8-4-3-5-9(6-8)12-18-14(20-19-12)22-11-7-10(15)16-13(17-11)21-2/h3-7H,1-2H3,(H,18,19,20). The first-order valence-corrected chi connectivity index (χ1v) is 8.82. The predicted molar refractivity (Wildman–Crippen MR) is 89.5 cm³/mol. The van der Waals surface area contributed by atoms with Gasteiger partial charge in [-0.1, -0.05) is 47.1 Å². The number of aromatic amines is 1. The molecule has 0 radical (unpaired) electrons. The van der Waals surface area contributed by atoms with Crippen LogP contribution < -0.4 is 0 Å². The van der Waals surface area contributed by atoms with Crippen molar-refractivity contribution in [1.29, 1.82) is 0 Å². The van der Waals surface area contributed by atoms with Gasteiger partial charge in [-0.05, 0) is 31.0 Å². The second kappa shape index (κ2) is 6.68. The molecule has 3 aromatic rings. The van der Waals surface area contributed by atoms with Gasteiger partial charge in [-0.2, -0.15) is 5.10 Å². The summed E-state index contributed by atoms with van der Waals surface area (Å²) in [5.74, 6) is 0.663. The highest BCUT2D eigenvalue weighted by Gasteiger charge is 2.10. The molecule has 0 spiro atoms. The number of thioether (sulfide) groups is 1. The van der Waals surface area contributed by atoms with Gasteiger partial charge in [0, 0.05) is 11.6 Å². The molecule has 0 bridgehead atoms. The summed E-state index contributed by atoms with van der Waals surface area (Å²) >= 11 is 8.81. The molecule has 0 amide bonds. The van der Waals surface area contributed by atoms with E-state index in [9.17, 15) is 0 Å². The lowest BCUT2D eigenvalue weighted by Gasteiger charge is -2.00. The van der Waals surface area contributed by atoms with Gasteiger partial charge < -0.3 is 0 Å². The van der Waals surface area contributed by atoms with Crippen LogP contribution >= 0.6 is 35.1 Å². The number of nitrogens with zero attached hydrogens (tertiary/aromatic N) is 4. The summed E-state index contributed by atoms with van der Waals surface area (Å²) in [5, 5.41) is 9.62. The second-order valence-corrected chi connectivity index (χ2v) is 6.62. The summed E-state index contributed by atoms with van der Waals surface area (Å²) in [6.45, 7) is 2.04. The zero-order valence-corrected chi connectivity index (χ0v) is 14.3. The van der Waals surface area contributed by atoms with Crippen LogP contribution in [0.25, 0.3) is 11.4 Å². The largest absolute Gasteiger partial charge is 0.253 e. The maximum absolute atomic E-state index is 5.99. The molecule has 0 aliphatic carbocycles. The number of aryl methyl sites for hydroxylation is 1. The van der Waals surface area contributed by atoms with E-state index < -0.39 is 0 Å². The SMILES string of the molecule is CSc1nc(Cl)cc(Sc2nc(-c3cccc(C)c3)n[nH]2)n1. The van der Waals surface area contributed by atoms with Crippen molar-refractivity contribution in [2.24, 2.45) is 0 Å². The Bertz CT molecular complexity index is 805. The molecular formula is C14H12ClN5S2. The number of H-pyrrole nitrogens is 1. The van der Waals surface area contributed by atoms with Crippen LogP contribution in [0.1, 0.15) is 5.56 Å². The molecule has 112 valence electrons. The predicted octanol–water partition coefficient (Wildman–Crippen LogP) is 4.10. The fraction of sp³-hybridized carbons (Fsp3) is 0.143. The van der Waals surface area contributed by atoms with Crippen LogP contribution in [0.3, 0.4) is 0 Å². The monoisotopic (exact) mass is 349 g/mol. The summed E-state index contributed by atoms with van der Waals surface area (Å²) in [6.07, 6.45) is 1.91. The third-order valence-electron chi connectivity index (χ3n) is 2.78. The van der Waals surface area contributed by atoms with E-state index in [0.717, 1.165) is 10.6 Å². The highest BCUT2D eigenvalue weighted by molar-refractivity contribution is 7.99. The first kappa shape index (κ1) is 15.3. The molecule has 8 heteroatoms. The molecule has 3 rings (SSSR count). The number of aromatic nitrogens is 5. The summed E-state index contributed by atoms with van der Waals surface area (Å²) in [5.41, 5.74) is 2.15. The van der Waals surface area contributed by atoms with Crippen LogP contribution in [-0.2, 0) is 0 Å². The Balaban J connectivity index is 1.84. The molecule has 1 N–H and O–H groups in total. The van der Waals surface area contributed by atoms with Gasteiger partial charge >= 0.3 is 0 Å². The number of rotatable bonds is 4. The molecule has 2 heterocycles. The van der Waals surface area contributed by atoms with Crippen molar-refractivity contribution in [3.05, 3.63) is 41.0 Å². The zero-order valence-electron chi connectivity index (χ0n) is 11.9. The molecule has 0 saturated carbocycles. The Morgan fingerprint density at radius 1 is 1.14 bits per heavy atom. The van der Waals surface area contributed by atoms with Crippen molar-refractivity contribution in [1.82, 2.24) is 25.1 Å². The molecule has 22 heavy (non-hydrogen) atoms. The third-order valence-corrected chi connectivity index (χ3v) is 4.31. The Labute approximate surface area is 141 Å². The lowest BCUT2D eigenvalue weighted by molar-refractivity contribution is 0.887. The van der Waals surface area contributed by atoms with Crippen molar-refractivity contribution >= 4 is 35.1 Å². The summed E-state index contributed by atoms with van der Waals surface area (Å²) in [7, 11) is 0. The molecule has 0 atom stereocenters. The van der Waals surface area contributed by atoms with Crippen molar-refractivity contribution in [3.8, 4) is 11.4 Å². The maximum atomic E-state index is 5.99. The zero-order chi connectivity index (χ0) is 15.5. The van der Waals surface area contributed by atoms with Gasteiger partial charge in [0.15, 0.2) is 16.1 Å². The molecule has 0 fully saturated rings. The molecular weight excluding hydrogens is 338 g/mol. The van der Waals surface area contributed by atoms with E-state index in [-0.39, 0.29) is 0 Å². The summed E-state index contributed by atoms with van der Waals surface area (Å²) in [4.78, 5) is 13.0. The first-order chi connectivity index (χ1) is 10.6. The maximum Gasteiger partial charge on any atom is 0.190 e. The number of hydrogen-bond donors (Lipinski definition) is 1. The van der Waals surface area contributed by atoms with Crippen LogP contribution in [0.2, 0.25) is 5.15 Å². The van der Waals surface area contributed by atoms with E-state index in [2.05, 4.69) is 25.1 Å². The first-order valence-electron chi connectivity index (χ1n) is 6.40. The van der Waals surface area contributed by atoms with Crippen molar-refractivity contribution in [2.75, 3.05) is 6.26 Å². The smallest absolute Gasteiger partial charge is 0.190 e. The Hall–Kier alpha value is -1.57. The van der Waals surface area contributed by atoms with Gasteiger partial charge in [-0.15, -0.1) is 0 Å². The lowest BCUT2D eigenvalue weighted by Crippen LogP contribution is -1.89. The fourth-order valence-electron chi connectivity index (χ4n) is 1.83. The van der Waals surface area contributed by atoms with Gasteiger partial charge in [0.2, 0.25) is 0 Å². The number of nitrogens with one attached hydrogen (secondary N) is 1. The van der Waals surface area contributed by atoms with Gasteiger partial charge in [0.25, 0.3) is 0 Å². The minimum Gasteiger partial charge on any atom is -0.253 e. The van der Waals surface area contributed by atoms with Crippen LogP contribution in [0.15, 0.2) is 45.7 Å². The van der Waals surface area contributed by atoms with E-state index in [1.165, 1.54) is 29.1 Å². The fourth-order valence-corrected chi connectivity index (χ4v) is 3.28. The molecule has 5 nitrogen and oxygen atoms in total. The molecule has 1 aromatic carbocycles. The van der Waals surface area contributed by atoms with E-state index in [0.29, 0.717) is 21.3 Å². The average Bonchev–Trinajstić information content (AvgIpc) is 2.95. The Kier molecular flexibility index (Phi) is 4.66. The minimum atomic E-state index is 0.417. The van der Waals surface area contributed by atoms with Gasteiger partial charge in [0.05, 0.1) is 0 Å². The summed E-state index contributed by atoms with van der Waals surface area (Å²) in [6, 6.07) is 9.77. The van der Waals surface area contributed by atoms with Crippen LogP contribution in [0.4, 0.5) is 0 Å². The van der Waals surface area contributed by atoms with Crippen molar-refractivity contribution in [3.63, 3.8) is 0 Å². The Morgan fingerprint density at radius 2 is 2.00 bits per heavy atom. The van der Waals surface area contributed by atoms with E-state index in [1.807, 2.05) is 37.4 Å². The third kappa shape index (κ3) is 3.60. The highest BCUT2D eigenvalue weighted by Crippen LogP contribution is 2.27. The Morgan fingerprint density at radius 3 is 2.77 bits per heavy atom. The van der Waals surface area contributed by atoms with E-state index in [1.54, 1.807) is 6.07 Å². The molecule has 0 unspecified atom stereocenters. The number of benzene rings is 1. The average molecular weight is 350 g/mol. The normalized spacial score (nSPS) is 10.9. The van der Waals surface area contributed by atoms with E-state index in [4.69, 9.17) is 11.6 Å². The minimum absolute atomic E-state index is 0.417. The van der Waals surface area contributed by atoms with Crippen LogP contribution in [0, 0.1) is 6.92 Å². The molecule has 0 saturated heterocycles. The molecule has 0 aliphatic rings. The summed E-state index contributed by atoms with van der Waals surface area (Å²) < 4.78 is 0. The second-order valence-electron chi connectivity index (χ2n) is 4.45. The van der Waals surface area contributed by atoms with Crippen LogP contribution in [-0.4, -0.2) is 31.4 Å². The van der Waals surface area contributed by atoms with Gasteiger partial charge in [-0.25, -0.2) is 15.0 Å². The number of halogens is 1. The van der Waals surface area contributed by atoms with E-state index >= 15 is 0 Å². The topological polar surface area (TPSA) is 67.3 Å². The lowest BCUT2D eigenvalue weighted by atomic mass is 10.1. The molecule has 2 aromatic heterocycles. The van der Waals surface area contributed by atoms with Gasteiger partial charge in [0.1, 0.15) is 10.2 Å².